The third kappa shape index (κ3) is 6.05. The van der Waals surface area contributed by atoms with E-state index in [4.69, 9.17) is 15.0 Å². The zero-order chi connectivity index (χ0) is 38.1. The highest BCUT2D eigenvalue weighted by Crippen LogP contribution is 2.58. The molecule has 2 bridgehead atoms. The number of hydrogen-bond acceptors (Lipinski definition) is 3. The van der Waals surface area contributed by atoms with E-state index in [1.165, 1.54) is 83.0 Å². The standard InChI is InChI=1S/C52H46BrN3/c1-50(2)45-29-38(35-16-20-40(21-17-35)51(3)31-34-11-10-28-52(32-34,33-51)41-22-24-42(53)25-23-41)18-26-43(45)44-27-19-39(30-46(44)50)49-55-47(36-12-6-4-7-13-36)54-48(56-49)37-14-8-5-9-15-37/h4-9,12-27,29-30,34H,10-11,28,31-33H2,1-3H3. The Balaban J connectivity index is 0.960. The molecule has 3 aliphatic rings. The van der Waals surface area contributed by atoms with Gasteiger partial charge in [-0.1, -0.05) is 171 Å². The first-order valence-corrected chi connectivity index (χ1v) is 21.0. The average Bonchev–Trinajstić information content (AvgIpc) is 3.46. The average molecular weight is 793 g/mol. The number of halogens is 1. The highest BCUT2D eigenvalue weighted by molar-refractivity contribution is 9.10. The van der Waals surface area contributed by atoms with Gasteiger partial charge in [0.1, 0.15) is 0 Å². The molecule has 2 fully saturated rings. The molecule has 3 aliphatic carbocycles. The van der Waals surface area contributed by atoms with E-state index in [1.54, 1.807) is 0 Å². The van der Waals surface area contributed by atoms with Crippen LogP contribution in [0.2, 0.25) is 0 Å². The highest BCUT2D eigenvalue weighted by Gasteiger charge is 2.49. The Hall–Kier alpha value is -5.19. The maximum atomic E-state index is 5.04. The Morgan fingerprint density at radius 2 is 1.04 bits per heavy atom. The molecule has 3 atom stereocenters. The van der Waals surface area contributed by atoms with Gasteiger partial charge < -0.3 is 0 Å². The molecule has 4 heteroatoms. The second-order valence-electron chi connectivity index (χ2n) is 17.5. The Labute approximate surface area is 339 Å². The van der Waals surface area contributed by atoms with Gasteiger partial charge in [0.25, 0.3) is 0 Å². The van der Waals surface area contributed by atoms with Crippen LogP contribution in [0.5, 0.6) is 0 Å². The molecule has 1 heterocycles. The second-order valence-corrected chi connectivity index (χ2v) is 18.4. The van der Waals surface area contributed by atoms with Gasteiger partial charge in [0, 0.05) is 26.6 Å². The molecule has 3 unspecified atom stereocenters. The monoisotopic (exact) mass is 791 g/mol. The minimum Gasteiger partial charge on any atom is -0.208 e. The van der Waals surface area contributed by atoms with Crippen LogP contribution < -0.4 is 0 Å². The molecule has 276 valence electrons. The first-order chi connectivity index (χ1) is 27.2. The molecule has 0 radical (unpaired) electrons. The van der Waals surface area contributed by atoms with E-state index in [-0.39, 0.29) is 16.2 Å². The van der Waals surface area contributed by atoms with E-state index >= 15 is 0 Å². The van der Waals surface area contributed by atoms with Crippen LogP contribution in [-0.2, 0) is 16.2 Å². The van der Waals surface area contributed by atoms with Crippen LogP contribution in [0.25, 0.3) is 56.4 Å². The second kappa shape index (κ2) is 13.5. The largest absolute Gasteiger partial charge is 0.208 e. The lowest BCUT2D eigenvalue weighted by Gasteiger charge is -2.53. The van der Waals surface area contributed by atoms with Crippen LogP contribution in [-0.4, -0.2) is 15.0 Å². The third-order valence-corrected chi connectivity index (χ3v) is 13.9. The maximum Gasteiger partial charge on any atom is 0.164 e. The van der Waals surface area contributed by atoms with E-state index < -0.39 is 0 Å². The van der Waals surface area contributed by atoms with Crippen molar-refractivity contribution in [3.63, 3.8) is 0 Å². The van der Waals surface area contributed by atoms with E-state index in [9.17, 15) is 0 Å². The van der Waals surface area contributed by atoms with Crippen molar-refractivity contribution in [3.05, 3.63) is 172 Å². The molecule has 3 nitrogen and oxygen atoms in total. The summed E-state index contributed by atoms with van der Waals surface area (Å²) in [5.74, 6) is 2.83. The Morgan fingerprint density at radius 3 is 1.64 bits per heavy atom. The molecule has 2 saturated carbocycles. The first-order valence-electron chi connectivity index (χ1n) is 20.2. The summed E-state index contributed by atoms with van der Waals surface area (Å²) in [4.78, 5) is 15.0. The lowest BCUT2D eigenvalue weighted by molar-refractivity contribution is 0.0874. The zero-order valence-electron chi connectivity index (χ0n) is 32.4. The van der Waals surface area contributed by atoms with Gasteiger partial charge >= 0.3 is 0 Å². The summed E-state index contributed by atoms with van der Waals surface area (Å²) in [6.07, 6.45) is 7.83. The fraction of sp³-hybridized carbons (Fsp3) is 0.250. The van der Waals surface area contributed by atoms with Gasteiger partial charge in [-0.25, -0.2) is 15.0 Å². The van der Waals surface area contributed by atoms with Crippen LogP contribution >= 0.6 is 15.9 Å². The van der Waals surface area contributed by atoms with Crippen molar-refractivity contribution >= 4 is 15.9 Å². The SMILES string of the molecule is CC1(c2ccc(-c3ccc4c(c3)C(C)(C)c3cc(-c5nc(-c6ccccc6)nc(-c6ccccc6)n5)ccc3-4)cc2)CC2CCCC(c3ccc(Br)cc3)(C2)C1. The maximum absolute atomic E-state index is 5.04. The van der Waals surface area contributed by atoms with Crippen molar-refractivity contribution in [1.29, 1.82) is 0 Å². The topological polar surface area (TPSA) is 38.7 Å². The van der Waals surface area contributed by atoms with Crippen molar-refractivity contribution in [2.75, 3.05) is 0 Å². The molecule has 56 heavy (non-hydrogen) atoms. The molecule has 0 amide bonds. The van der Waals surface area contributed by atoms with Crippen LogP contribution in [0.15, 0.2) is 150 Å². The summed E-state index contributed by atoms with van der Waals surface area (Å²) in [6, 6.07) is 53.1. The van der Waals surface area contributed by atoms with Gasteiger partial charge in [0.05, 0.1) is 0 Å². The molecule has 0 spiro atoms. The number of hydrogen-bond donors (Lipinski definition) is 0. The van der Waals surface area contributed by atoms with Crippen molar-refractivity contribution in [2.24, 2.45) is 5.92 Å². The number of nitrogens with zero attached hydrogens (tertiary/aromatic N) is 3. The lowest BCUT2D eigenvalue weighted by Crippen LogP contribution is -2.46. The van der Waals surface area contributed by atoms with Gasteiger partial charge in [0.2, 0.25) is 0 Å². The van der Waals surface area contributed by atoms with E-state index in [1.807, 2.05) is 36.4 Å². The van der Waals surface area contributed by atoms with Crippen molar-refractivity contribution in [1.82, 2.24) is 15.0 Å². The van der Waals surface area contributed by atoms with Crippen molar-refractivity contribution in [3.8, 4) is 56.4 Å². The predicted octanol–water partition coefficient (Wildman–Crippen LogP) is 13.8. The normalized spacial score (nSPS) is 22.0. The van der Waals surface area contributed by atoms with Gasteiger partial charge in [0.15, 0.2) is 17.5 Å². The van der Waals surface area contributed by atoms with E-state index in [0.717, 1.165) is 27.1 Å². The number of aromatic nitrogens is 3. The minimum atomic E-state index is -0.192. The summed E-state index contributed by atoms with van der Waals surface area (Å²) in [5, 5.41) is 0. The van der Waals surface area contributed by atoms with Gasteiger partial charge in [-0.3, -0.25) is 0 Å². The quantitative estimate of drug-likeness (QED) is 0.168. The Bertz CT molecular complexity index is 2520. The van der Waals surface area contributed by atoms with Crippen LogP contribution in [0.3, 0.4) is 0 Å². The molecular weight excluding hydrogens is 746 g/mol. The summed E-state index contributed by atoms with van der Waals surface area (Å²) >= 11 is 3.67. The number of benzene rings is 6. The molecular formula is C52H46BrN3. The highest BCUT2D eigenvalue weighted by atomic mass is 79.9. The van der Waals surface area contributed by atoms with Crippen LogP contribution in [0.4, 0.5) is 0 Å². The third-order valence-electron chi connectivity index (χ3n) is 13.4. The predicted molar refractivity (Wildman–Crippen MR) is 233 cm³/mol. The molecule has 0 N–H and O–H groups in total. The summed E-state index contributed by atoms with van der Waals surface area (Å²) in [5.41, 5.74) is 14.0. The van der Waals surface area contributed by atoms with Gasteiger partial charge in [-0.15, -0.1) is 0 Å². The zero-order valence-corrected chi connectivity index (χ0v) is 34.0. The fourth-order valence-electron chi connectivity index (χ4n) is 10.7. The molecule has 1 aromatic heterocycles. The Kier molecular flexibility index (Phi) is 8.49. The van der Waals surface area contributed by atoms with Gasteiger partial charge in [-0.2, -0.15) is 0 Å². The summed E-state index contributed by atoms with van der Waals surface area (Å²) in [7, 11) is 0. The molecule has 7 aromatic rings. The van der Waals surface area contributed by atoms with E-state index in [2.05, 4.69) is 146 Å². The van der Waals surface area contributed by atoms with E-state index in [0.29, 0.717) is 17.5 Å². The molecule has 0 aliphatic heterocycles. The Morgan fingerprint density at radius 1 is 0.518 bits per heavy atom. The molecule has 10 rings (SSSR count). The van der Waals surface area contributed by atoms with Crippen LogP contribution in [0.1, 0.15) is 81.5 Å². The smallest absolute Gasteiger partial charge is 0.164 e. The molecule has 0 saturated heterocycles. The minimum absolute atomic E-state index is 0.163. The molecule has 6 aromatic carbocycles. The van der Waals surface area contributed by atoms with Crippen LogP contribution in [0, 0.1) is 5.92 Å². The summed E-state index contributed by atoms with van der Waals surface area (Å²) < 4.78 is 1.16. The number of fused-ring (bicyclic) bond motifs is 5. The van der Waals surface area contributed by atoms with Gasteiger partial charge in [-0.05, 0) is 111 Å². The number of rotatable bonds is 6. The fourth-order valence-corrected chi connectivity index (χ4v) is 11.0. The van der Waals surface area contributed by atoms with Crippen molar-refractivity contribution in [2.45, 2.75) is 75.5 Å². The lowest BCUT2D eigenvalue weighted by atomic mass is 9.51. The first kappa shape index (κ1) is 35.2. The summed E-state index contributed by atoms with van der Waals surface area (Å²) in [6.45, 7) is 7.25. The van der Waals surface area contributed by atoms with Crippen molar-refractivity contribution < 1.29 is 0 Å².